The van der Waals surface area contributed by atoms with Gasteiger partial charge >= 0.3 is 6.18 Å². The van der Waals surface area contributed by atoms with Crippen LogP contribution in [0.1, 0.15) is 43.0 Å². The molecule has 180 valence electrons. The SMILES string of the molecule is CCC(C)c1cnc2c(NCCc3c[nH]c4ccccc34)nc(-c3cncc(C(F)(F)F)c3)cn12. The first-order chi connectivity index (χ1) is 16.8. The Morgan fingerprint density at radius 3 is 2.77 bits per heavy atom. The molecule has 6 nitrogen and oxygen atoms in total. The van der Waals surface area contributed by atoms with E-state index in [0.717, 1.165) is 41.7 Å². The highest BCUT2D eigenvalue weighted by Crippen LogP contribution is 2.32. The first-order valence-electron chi connectivity index (χ1n) is 11.5. The van der Waals surface area contributed by atoms with E-state index in [4.69, 9.17) is 0 Å². The average molecular weight is 479 g/mol. The third-order valence-corrected chi connectivity index (χ3v) is 6.36. The van der Waals surface area contributed by atoms with Crippen molar-refractivity contribution in [2.75, 3.05) is 11.9 Å². The average Bonchev–Trinajstić information content (AvgIpc) is 3.48. The number of para-hydroxylation sites is 1. The molecule has 0 amide bonds. The number of nitrogens with one attached hydrogen (secondary N) is 2. The van der Waals surface area contributed by atoms with Crippen LogP contribution in [0, 0.1) is 0 Å². The summed E-state index contributed by atoms with van der Waals surface area (Å²) in [7, 11) is 0. The maximum absolute atomic E-state index is 13.3. The third kappa shape index (κ3) is 4.45. The van der Waals surface area contributed by atoms with E-state index in [1.165, 1.54) is 11.8 Å². The van der Waals surface area contributed by atoms with Gasteiger partial charge < -0.3 is 10.3 Å². The van der Waals surface area contributed by atoms with E-state index in [0.29, 0.717) is 29.3 Å². The number of nitrogens with zero attached hydrogens (tertiary/aromatic N) is 4. The standard InChI is InChI=1S/C26H25F3N6/c1-3-16(2)23-14-33-25-24(31-9-8-17-12-32-21-7-5-4-6-20(17)21)34-22(15-35(23)25)18-10-19(13-30-11-18)26(27,28)29/h4-7,10-16,32H,3,8-9H2,1-2H3,(H,31,34). The monoisotopic (exact) mass is 478 g/mol. The predicted molar refractivity (Wildman–Crippen MR) is 130 cm³/mol. The zero-order valence-electron chi connectivity index (χ0n) is 19.4. The minimum atomic E-state index is -4.48. The molecule has 0 radical (unpaired) electrons. The smallest absolute Gasteiger partial charge is 0.367 e. The van der Waals surface area contributed by atoms with Crippen molar-refractivity contribution in [3.8, 4) is 11.3 Å². The van der Waals surface area contributed by atoms with Crippen LogP contribution in [-0.4, -0.2) is 30.9 Å². The molecule has 0 saturated carbocycles. The molecule has 0 saturated heterocycles. The van der Waals surface area contributed by atoms with Crippen LogP contribution in [0.15, 0.2) is 61.3 Å². The van der Waals surface area contributed by atoms with Gasteiger partial charge in [0.2, 0.25) is 0 Å². The molecule has 1 unspecified atom stereocenters. The number of aromatic amines is 1. The lowest BCUT2D eigenvalue weighted by atomic mass is 10.1. The van der Waals surface area contributed by atoms with Crippen LogP contribution in [0.5, 0.6) is 0 Å². The van der Waals surface area contributed by atoms with Gasteiger partial charge in [-0.2, -0.15) is 13.2 Å². The van der Waals surface area contributed by atoms with E-state index in [2.05, 4.69) is 45.2 Å². The second kappa shape index (κ2) is 9.05. The molecule has 35 heavy (non-hydrogen) atoms. The summed E-state index contributed by atoms with van der Waals surface area (Å²) in [6, 6.07) is 9.18. The molecule has 4 aromatic heterocycles. The van der Waals surface area contributed by atoms with Gasteiger partial charge in [-0.3, -0.25) is 9.38 Å². The quantitative estimate of drug-likeness (QED) is 0.282. The fourth-order valence-electron chi connectivity index (χ4n) is 4.23. The predicted octanol–water partition coefficient (Wildman–Crippen LogP) is 6.46. The number of pyridine rings is 1. The summed E-state index contributed by atoms with van der Waals surface area (Å²) in [6.45, 7) is 4.77. The van der Waals surface area contributed by atoms with Gasteiger partial charge in [0.25, 0.3) is 0 Å². The van der Waals surface area contributed by atoms with Gasteiger partial charge in [-0.05, 0) is 36.5 Å². The first-order valence-corrected chi connectivity index (χ1v) is 11.5. The van der Waals surface area contributed by atoms with E-state index in [-0.39, 0.29) is 5.92 Å². The molecule has 9 heteroatoms. The molecule has 0 fully saturated rings. The number of aromatic nitrogens is 5. The second-order valence-corrected chi connectivity index (χ2v) is 8.66. The molecule has 5 rings (SSSR count). The summed E-state index contributed by atoms with van der Waals surface area (Å²) in [4.78, 5) is 16.3. The van der Waals surface area contributed by atoms with Crippen molar-refractivity contribution in [1.82, 2.24) is 24.3 Å². The lowest BCUT2D eigenvalue weighted by Crippen LogP contribution is -2.10. The van der Waals surface area contributed by atoms with Crippen LogP contribution in [0.4, 0.5) is 19.0 Å². The van der Waals surface area contributed by atoms with Crippen LogP contribution in [0.2, 0.25) is 0 Å². The van der Waals surface area contributed by atoms with Crippen LogP contribution >= 0.6 is 0 Å². The summed E-state index contributed by atoms with van der Waals surface area (Å²) in [6.07, 6.45) is 4.94. The lowest BCUT2D eigenvalue weighted by molar-refractivity contribution is -0.137. The van der Waals surface area contributed by atoms with Crippen LogP contribution < -0.4 is 5.32 Å². The zero-order chi connectivity index (χ0) is 24.6. The van der Waals surface area contributed by atoms with Crippen LogP contribution in [-0.2, 0) is 12.6 Å². The van der Waals surface area contributed by atoms with Gasteiger partial charge in [0, 0.05) is 59.7 Å². The van der Waals surface area contributed by atoms with Gasteiger partial charge in [-0.1, -0.05) is 32.0 Å². The Labute approximate surface area is 200 Å². The molecule has 5 aromatic rings. The number of benzene rings is 1. The highest BCUT2D eigenvalue weighted by atomic mass is 19.4. The van der Waals surface area contributed by atoms with E-state index < -0.39 is 11.7 Å². The molecule has 0 aliphatic heterocycles. The van der Waals surface area contributed by atoms with E-state index in [1.807, 2.05) is 35.0 Å². The number of hydrogen-bond donors (Lipinski definition) is 2. The maximum atomic E-state index is 13.3. The Kier molecular flexibility index (Phi) is 5.92. The minimum absolute atomic E-state index is 0.221. The summed E-state index contributed by atoms with van der Waals surface area (Å²) in [5.74, 6) is 0.744. The van der Waals surface area contributed by atoms with Crippen molar-refractivity contribution >= 4 is 22.4 Å². The molecule has 2 N–H and O–H groups in total. The normalized spacial score (nSPS) is 12.9. The molecular weight excluding hydrogens is 453 g/mol. The molecule has 0 spiro atoms. The Hall–Kier alpha value is -3.88. The fraction of sp³-hybridized carbons (Fsp3) is 0.269. The fourth-order valence-corrected chi connectivity index (χ4v) is 4.23. The summed E-state index contributed by atoms with van der Waals surface area (Å²) in [5, 5.41) is 4.53. The number of rotatable bonds is 7. The van der Waals surface area contributed by atoms with Gasteiger partial charge in [-0.25, -0.2) is 9.97 Å². The Bertz CT molecular complexity index is 1480. The first kappa shape index (κ1) is 22.9. The lowest BCUT2D eigenvalue weighted by Gasteiger charge is -2.14. The number of hydrogen-bond acceptors (Lipinski definition) is 4. The highest BCUT2D eigenvalue weighted by molar-refractivity contribution is 5.83. The van der Waals surface area contributed by atoms with Crippen molar-refractivity contribution in [2.45, 2.75) is 38.8 Å². The van der Waals surface area contributed by atoms with Crippen molar-refractivity contribution in [3.05, 3.63) is 78.1 Å². The number of halogens is 3. The number of H-pyrrole nitrogens is 1. The number of alkyl halides is 3. The minimum Gasteiger partial charge on any atom is -0.367 e. The van der Waals surface area contributed by atoms with Crippen molar-refractivity contribution in [2.24, 2.45) is 0 Å². The van der Waals surface area contributed by atoms with Crippen LogP contribution in [0.3, 0.4) is 0 Å². The van der Waals surface area contributed by atoms with E-state index in [1.54, 1.807) is 6.20 Å². The van der Waals surface area contributed by atoms with Crippen molar-refractivity contribution in [1.29, 1.82) is 0 Å². The van der Waals surface area contributed by atoms with E-state index >= 15 is 0 Å². The maximum Gasteiger partial charge on any atom is 0.417 e. The third-order valence-electron chi connectivity index (χ3n) is 6.36. The number of anilines is 1. The van der Waals surface area contributed by atoms with Crippen molar-refractivity contribution < 1.29 is 13.2 Å². The number of imidazole rings is 1. The van der Waals surface area contributed by atoms with Gasteiger partial charge in [-0.15, -0.1) is 0 Å². The van der Waals surface area contributed by atoms with Gasteiger partial charge in [0.1, 0.15) is 0 Å². The zero-order valence-corrected chi connectivity index (χ0v) is 19.4. The van der Waals surface area contributed by atoms with Gasteiger partial charge in [0.15, 0.2) is 11.5 Å². The van der Waals surface area contributed by atoms with Gasteiger partial charge in [0.05, 0.1) is 11.3 Å². The molecule has 4 heterocycles. The van der Waals surface area contributed by atoms with E-state index in [9.17, 15) is 13.2 Å². The second-order valence-electron chi connectivity index (χ2n) is 8.66. The largest absolute Gasteiger partial charge is 0.417 e. The Morgan fingerprint density at radius 1 is 1.14 bits per heavy atom. The molecule has 1 aromatic carbocycles. The Balaban J connectivity index is 1.51. The molecule has 0 bridgehead atoms. The molecule has 0 aliphatic rings. The highest BCUT2D eigenvalue weighted by Gasteiger charge is 2.31. The molecule has 0 aliphatic carbocycles. The van der Waals surface area contributed by atoms with Crippen molar-refractivity contribution in [3.63, 3.8) is 0 Å². The summed E-state index contributed by atoms with van der Waals surface area (Å²) in [5.41, 5.74) is 3.75. The summed E-state index contributed by atoms with van der Waals surface area (Å²) < 4.78 is 41.8. The Morgan fingerprint density at radius 2 is 1.97 bits per heavy atom. The summed E-state index contributed by atoms with van der Waals surface area (Å²) >= 11 is 0. The molecular formula is C26H25F3N6. The topological polar surface area (TPSA) is 70.9 Å². The number of fused-ring (bicyclic) bond motifs is 2. The van der Waals surface area contributed by atoms with Crippen LogP contribution in [0.25, 0.3) is 27.8 Å². The molecule has 1 atom stereocenters.